The minimum Gasteiger partial charge on any atom is -0.380 e. The zero-order valence-electron chi connectivity index (χ0n) is 10.6. The number of nitrogens with one attached hydrogen (secondary N) is 1. The van der Waals surface area contributed by atoms with Crippen molar-refractivity contribution < 1.29 is 9.13 Å². The molecular weight excluding hydrogens is 253 g/mol. The zero-order valence-corrected chi connectivity index (χ0v) is 11.4. The second-order valence-electron chi connectivity index (χ2n) is 4.82. The summed E-state index contributed by atoms with van der Waals surface area (Å²) in [5.74, 6) is -0.268. The normalized spacial score (nSPS) is 20.1. The van der Waals surface area contributed by atoms with Gasteiger partial charge < -0.3 is 10.1 Å². The molecule has 0 radical (unpaired) electrons. The van der Waals surface area contributed by atoms with Crippen molar-refractivity contribution in [1.82, 2.24) is 5.32 Å². The third-order valence-electron chi connectivity index (χ3n) is 3.38. The summed E-state index contributed by atoms with van der Waals surface area (Å²) in [6, 6.07) is 3.88. The molecule has 1 heterocycles. The van der Waals surface area contributed by atoms with Crippen LogP contribution in [0.2, 0.25) is 5.02 Å². The third kappa shape index (κ3) is 3.44. The highest BCUT2D eigenvalue weighted by Crippen LogP contribution is 2.24. The molecule has 1 saturated heterocycles. The summed E-state index contributed by atoms with van der Waals surface area (Å²) in [6.45, 7) is 1.27. The Morgan fingerprint density at radius 3 is 2.89 bits per heavy atom. The van der Waals surface area contributed by atoms with E-state index >= 15 is 0 Å². The summed E-state index contributed by atoms with van der Waals surface area (Å²) in [7, 11) is 1.54. The Morgan fingerprint density at radius 2 is 2.28 bits per heavy atom. The molecule has 1 unspecified atom stereocenters. The van der Waals surface area contributed by atoms with E-state index < -0.39 is 0 Å². The molecule has 2 rings (SSSR count). The van der Waals surface area contributed by atoms with Gasteiger partial charge in [0.2, 0.25) is 0 Å². The average Bonchev–Trinajstić information content (AvgIpc) is 2.35. The van der Waals surface area contributed by atoms with E-state index in [0.29, 0.717) is 16.6 Å². The van der Waals surface area contributed by atoms with Crippen LogP contribution in [0.15, 0.2) is 12.1 Å². The van der Waals surface area contributed by atoms with Gasteiger partial charge in [-0.25, -0.2) is 4.39 Å². The Bertz CT molecular complexity index is 382. The van der Waals surface area contributed by atoms with Crippen LogP contribution in [0.5, 0.6) is 0 Å². The first-order chi connectivity index (χ1) is 8.70. The first-order valence-corrected chi connectivity index (χ1v) is 6.77. The Morgan fingerprint density at radius 1 is 1.44 bits per heavy atom. The van der Waals surface area contributed by atoms with Gasteiger partial charge >= 0.3 is 0 Å². The fraction of sp³-hybridized carbons (Fsp3) is 0.571. The Hall–Kier alpha value is -0.640. The summed E-state index contributed by atoms with van der Waals surface area (Å²) >= 11 is 6.09. The van der Waals surface area contributed by atoms with Crippen LogP contribution in [-0.4, -0.2) is 19.7 Å². The van der Waals surface area contributed by atoms with Crippen molar-refractivity contribution in [1.29, 1.82) is 0 Å². The van der Waals surface area contributed by atoms with E-state index in [-0.39, 0.29) is 12.4 Å². The van der Waals surface area contributed by atoms with E-state index in [0.717, 1.165) is 24.9 Å². The number of ether oxygens (including phenoxy) is 1. The van der Waals surface area contributed by atoms with E-state index in [1.165, 1.54) is 20.0 Å². The van der Waals surface area contributed by atoms with Crippen LogP contribution < -0.4 is 5.32 Å². The van der Waals surface area contributed by atoms with Gasteiger partial charge in [-0.2, -0.15) is 0 Å². The largest absolute Gasteiger partial charge is 0.380 e. The summed E-state index contributed by atoms with van der Waals surface area (Å²) in [6.07, 6.45) is 4.47. The van der Waals surface area contributed by atoms with E-state index in [9.17, 15) is 4.39 Å². The molecule has 1 N–H and O–H groups in total. The lowest BCUT2D eigenvalue weighted by atomic mass is 9.97. The molecule has 1 aliphatic heterocycles. The van der Waals surface area contributed by atoms with Gasteiger partial charge in [0.05, 0.1) is 6.61 Å². The second-order valence-corrected chi connectivity index (χ2v) is 5.23. The fourth-order valence-corrected chi connectivity index (χ4v) is 2.72. The highest BCUT2D eigenvalue weighted by molar-refractivity contribution is 6.31. The van der Waals surface area contributed by atoms with Gasteiger partial charge in [-0.1, -0.05) is 18.0 Å². The zero-order chi connectivity index (χ0) is 13.0. The maximum atomic E-state index is 13.9. The Balaban J connectivity index is 2.09. The van der Waals surface area contributed by atoms with E-state index in [2.05, 4.69) is 5.32 Å². The Labute approximate surface area is 112 Å². The fourth-order valence-electron chi connectivity index (χ4n) is 2.44. The van der Waals surface area contributed by atoms with Crippen LogP contribution >= 0.6 is 11.6 Å². The van der Waals surface area contributed by atoms with Gasteiger partial charge in [-0.15, -0.1) is 0 Å². The Kier molecular flexibility index (Phi) is 4.98. The van der Waals surface area contributed by atoms with Crippen molar-refractivity contribution in [2.24, 2.45) is 0 Å². The van der Waals surface area contributed by atoms with Crippen LogP contribution in [0, 0.1) is 5.82 Å². The summed E-state index contributed by atoms with van der Waals surface area (Å²) in [5, 5.41) is 3.92. The number of benzene rings is 1. The first kappa shape index (κ1) is 13.8. The molecule has 1 fully saturated rings. The molecule has 4 heteroatoms. The lowest BCUT2D eigenvalue weighted by molar-refractivity contribution is 0.181. The van der Waals surface area contributed by atoms with Crippen LogP contribution in [-0.2, 0) is 17.8 Å². The number of rotatable bonds is 4. The molecule has 0 aromatic heterocycles. The van der Waals surface area contributed by atoms with E-state index in [1.54, 1.807) is 6.07 Å². The number of hydrogen-bond acceptors (Lipinski definition) is 2. The van der Waals surface area contributed by atoms with Gasteiger partial charge in [-0.05, 0) is 43.5 Å². The number of hydrogen-bond donors (Lipinski definition) is 1. The molecular formula is C14H19ClFNO. The molecule has 1 aliphatic rings. The molecule has 0 saturated carbocycles. The van der Waals surface area contributed by atoms with Crippen molar-refractivity contribution in [3.05, 3.63) is 34.1 Å². The van der Waals surface area contributed by atoms with Gasteiger partial charge in [0, 0.05) is 23.7 Å². The molecule has 100 valence electrons. The summed E-state index contributed by atoms with van der Waals surface area (Å²) < 4.78 is 18.8. The molecule has 0 amide bonds. The lowest BCUT2D eigenvalue weighted by Gasteiger charge is -2.23. The molecule has 0 aliphatic carbocycles. The minimum absolute atomic E-state index is 0.215. The smallest absolute Gasteiger partial charge is 0.130 e. The molecule has 0 bridgehead atoms. The van der Waals surface area contributed by atoms with Crippen LogP contribution in [0.4, 0.5) is 4.39 Å². The highest BCUT2D eigenvalue weighted by Gasteiger charge is 2.15. The van der Waals surface area contributed by atoms with Crippen molar-refractivity contribution >= 4 is 11.6 Å². The number of piperidine rings is 1. The SMILES string of the molecule is COCc1c(F)cc(CC2CCCCN2)cc1Cl. The molecule has 18 heavy (non-hydrogen) atoms. The molecule has 1 aromatic rings. The maximum absolute atomic E-state index is 13.9. The topological polar surface area (TPSA) is 21.3 Å². The van der Waals surface area contributed by atoms with Crippen molar-refractivity contribution in [2.45, 2.75) is 38.3 Å². The molecule has 0 spiro atoms. The van der Waals surface area contributed by atoms with Gasteiger partial charge in [0.15, 0.2) is 0 Å². The van der Waals surface area contributed by atoms with Gasteiger partial charge in [0.25, 0.3) is 0 Å². The predicted octanol–water partition coefficient (Wildman–Crippen LogP) is 3.31. The average molecular weight is 272 g/mol. The van der Waals surface area contributed by atoms with Crippen molar-refractivity contribution in [2.75, 3.05) is 13.7 Å². The summed E-state index contributed by atoms with van der Waals surface area (Å²) in [4.78, 5) is 0. The molecule has 2 nitrogen and oxygen atoms in total. The van der Waals surface area contributed by atoms with Crippen LogP contribution in [0.1, 0.15) is 30.4 Å². The second kappa shape index (κ2) is 6.50. The van der Waals surface area contributed by atoms with Crippen LogP contribution in [0.25, 0.3) is 0 Å². The first-order valence-electron chi connectivity index (χ1n) is 6.40. The van der Waals surface area contributed by atoms with Gasteiger partial charge in [-0.3, -0.25) is 0 Å². The molecule has 1 aromatic carbocycles. The summed E-state index contributed by atoms with van der Waals surface area (Å²) in [5.41, 5.74) is 1.40. The monoisotopic (exact) mass is 271 g/mol. The lowest BCUT2D eigenvalue weighted by Crippen LogP contribution is -2.35. The quantitative estimate of drug-likeness (QED) is 0.907. The number of methoxy groups -OCH3 is 1. The third-order valence-corrected chi connectivity index (χ3v) is 3.72. The maximum Gasteiger partial charge on any atom is 0.130 e. The van der Waals surface area contributed by atoms with Crippen molar-refractivity contribution in [3.8, 4) is 0 Å². The number of halogens is 2. The predicted molar refractivity (Wildman–Crippen MR) is 71.5 cm³/mol. The molecule has 1 atom stereocenters. The standard InChI is InChI=1S/C14H19ClFNO/c1-18-9-12-13(15)7-10(8-14(12)16)6-11-4-2-3-5-17-11/h7-8,11,17H,2-6,9H2,1H3. The van der Waals surface area contributed by atoms with Crippen molar-refractivity contribution in [3.63, 3.8) is 0 Å². The van der Waals surface area contributed by atoms with Crippen LogP contribution in [0.3, 0.4) is 0 Å². The highest BCUT2D eigenvalue weighted by atomic mass is 35.5. The van der Waals surface area contributed by atoms with Gasteiger partial charge in [0.1, 0.15) is 5.82 Å². The van der Waals surface area contributed by atoms with E-state index in [1.807, 2.05) is 6.07 Å². The minimum atomic E-state index is -0.268. The van der Waals surface area contributed by atoms with E-state index in [4.69, 9.17) is 16.3 Å².